The van der Waals surface area contributed by atoms with Gasteiger partial charge in [-0.1, -0.05) is 24.3 Å². The molecule has 1 fully saturated rings. The van der Waals surface area contributed by atoms with Crippen LogP contribution in [-0.4, -0.2) is 40.2 Å². The van der Waals surface area contributed by atoms with E-state index in [0.717, 1.165) is 11.3 Å². The lowest BCUT2D eigenvalue weighted by Crippen LogP contribution is -2.37. The number of hydrogen-bond acceptors (Lipinski definition) is 4. The highest BCUT2D eigenvalue weighted by Crippen LogP contribution is 2.20. The van der Waals surface area contributed by atoms with Crippen molar-refractivity contribution in [3.8, 4) is 0 Å². The molecule has 0 spiro atoms. The molecule has 0 saturated carbocycles. The van der Waals surface area contributed by atoms with E-state index in [2.05, 4.69) is 11.4 Å². The van der Waals surface area contributed by atoms with Crippen LogP contribution in [-0.2, 0) is 29.1 Å². The van der Waals surface area contributed by atoms with E-state index in [-0.39, 0.29) is 24.8 Å². The Hall–Kier alpha value is -3.09. The molecule has 1 atom stereocenters. The molecule has 0 bridgehead atoms. The highest BCUT2D eigenvalue weighted by molar-refractivity contribution is 6.04. The van der Waals surface area contributed by atoms with Gasteiger partial charge in [-0.2, -0.15) is 0 Å². The van der Waals surface area contributed by atoms with Crippen LogP contribution in [0.5, 0.6) is 0 Å². The standard InChI is InChI=1S/C20H21N3O4/c24-18(22-10-9-14-4-1-2-5-15(14)12-22)8-7-17-19(25)23(20(26)21-17)13-16-6-3-11-27-16/h1-6,11,17H,7-10,12-13H2,(H,21,26). The number of fused-ring (bicyclic) bond motifs is 1. The van der Waals surface area contributed by atoms with E-state index < -0.39 is 12.1 Å². The summed E-state index contributed by atoms with van der Waals surface area (Å²) in [7, 11) is 0. The van der Waals surface area contributed by atoms with E-state index >= 15 is 0 Å². The van der Waals surface area contributed by atoms with Crippen LogP contribution in [0, 0.1) is 0 Å². The molecule has 1 N–H and O–H groups in total. The van der Waals surface area contributed by atoms with Gasteiger partial charge in [0, 0.05) is 19.5 Å². The van der Waals surface area contributed by atoms with Crippen LogP contribution < -0.4 is 5.32 Å². The van der Waals surface area contributed by atoms with Crippen LogP contribution in [0.2, 0.25) is 0 Å². The second-order valence-corrected chi connectivity index (χ2v) is 6.88. The van der Waals surface area contributed by atoms with Gasteiger partial charge in [-0.15, -0.1) is 0 Å². The fraction of sp³-hybridized carbons (Fsp3) is 0.350. The summed E-state index contributed by atoms with van der Waals surface area (Å²) in [4.78, 5) is 40.1. The van der Waals surface area contributed by atoms with E-state index in [1.165, 1.54) is 17.4 Å². The Morgan fingerprint density at radius 1 is 1.15 bits per heavy atom. The number of benzene rings is 1. The van der Waals surface area contributed by atoms with Crippen molar-refractivity contribution in [3.05, 3.63) is 59.5 Å². The van der Waals surface area contributed by atoms with Gasteiger partial charge >= 0.3 is 6.03 Å². The monoisotopic (exact) mass is 367 g/mol. The molecule has 27 heavy (non-hydrogen) atoms. The minimum atomic E-state index is -0.659. The molecule has 1 aromatic heterocycles. The third kappa shape index (κ3) is 3.58. The van der Waals surface area contributed by atoms with E-state index in [1.54, 1.807) is 12.1 Å². The topological polar surface area (TPSA) is 82.9 Å². The lowest BCUT2D eigenvalue weighted by Gasteiger charge is -2.29. The summed E-state index contributed by atoms with van der Waals surface area (Å²) in [5, 5.41) is 2.67. The van der Waals surface area contributed by atoms with Crippen molar-refractivity contribution in [2.45, 2.75) is 38.4 Å². The highest BCUT2D eigenvalue weighted by Gasteiger charge is 2.38. The maximum absolute atomic E-state index is 12.6. The van der Waals surface area contributed by atoms with Gasteiger partial charge in [-0.25, -0.2) is 4.79 Å². The van der Waals surface area contributed by atoms with Crippen LogP contribution in [0.1, 0.15) is 29.7 Å². The molecule has 0 radical (unpaired) electrons. The quantitative estimate of drug-likeness (QED) is 0.820. The smallest absolute Gasteiger partial charge is 0.325 e. The van der Waals surface area contributed by atoms with Gasteiger partial charge in [0.05, 0.1) is 12.8 Å². The number of rotatable bonds is 5. The number of nitrogens with one attached hydrogen (secondary N) is 1. The Morgan fingerprint density at radius 3 is 2.74 bits per heavy atom. The molecular weight excluding hydrogens is 346 g/mol. The third-order valence-electron chi connectivity index (χ3n) is 5.13. The van der Waals surface area contributed by atoms with Gasteiger partial charge in [-0.05, 0) is 36.1 Å². The molecule has 7 heteroatoms. The molecule has 140 valence electrons. The number of hydrogen-bond donors (Lipinski definition) is 1. The zero-order valence-electron chi connectivity index (χ0n) is 14.9. The summed E-state index contributed by atoms with van der Waals surface area (Å²) in [6, 6.07) is 10.5. The average Bonchev–Trinajstić information content (AvgIpc) is 3.29. The summed E-state index contributed by atoms with van der Waals surface area (Å²) in [6.45, 7) is 1.39. The summed E-state index contributed by atoms with van der Waals surface area (Å²) in [6.07, 6.45) is 2.88. The first-order chi connectivity index (χ1) is 13.1. The van der Waals surface area contributed by atoms with Gasteiger partial charge in [0.25, 0.3) is 5.91 Å². The second kappa shape index (κ2) is 7.26. The largest absolute Gasteiger partial charge is 0.467 e. The van der Waals surface area contributed by atoms with Crippen molar-refractivity contribution in [1.82, 2.24) is 15.1 Å². The minimum absolute atomic E-state index is 0.0102. The lowest BCUT2D eigenvalue weighted by molar-refractivity contribution is -0.132. The first kappa shape index (κ1) is 17.3. The number of carbonyl (C=O) groups is 3. The molecule has 7 nitrogen and oxygen atoms in total. The minimum Gasteiger partial charge on any atom is -0.467 e. The molecule has 4 rings (SSSR count). The number of amides is 4. The molecule has 1 saturated heterocycles. The average molecular weight is 367 g/mol. The Kier molecular flexibility index (Phi) is 4.66. The Labute approximate surface area is 156 Å². The number of nitrogens with zero attached hydrogens (tertiary/aromatic N) is 2. The van der Waals surface area contributed by atoms with E-state index in [9.17, 15) is 14.4 Å². The fourth-order valence-corrected chi connectivity index (χ4v) is 3.62. The Bertz CT molecular complexity index is 862. The molecule has 2 aliphatic rings. The zero-order valence-corrected chi connectivity index (χ0v) is 14.9. The lowest BCUT2D eigenvalue weighted by atomic mass is 9.99. The Morgan fingerprint density at radius 2 is 1.96 bits per heavy atom. The zero-order chi connectivity index (χ0) is 18.8. The molecule has 0 aliphatic carbocycles. The predicted octanol–water partition coefficient (Wildman–Crippen LogP) is 2.07. The second-order valence-electron chi connectivity index (χ2n) is 6.88. The molecule has 1 unspecified atom stereocenters. The van der Waals surface area contributed by atoms with Crippen molar-refractivity contribution < 1.29 is 18.8 Å². The summed E-state index contributed by atoms with van der Waals surface area (Å²) in [5.41, 5.74) is 2.46. The number of furan rings is 1. The molecule has 3 heterocycles. The van der Waals surface area contributed by atoms with Crippen molar-refractivity contribution >= 4 is 17.8 Å². The molecule has 4 amide bonds. The molecule has 1 aromatic carbocycles. The summed E-state index contributed by atoms with van der Waals surface area (Å²) < 4.78 is 5.20. The number of imide groups is 1. The van der Waals surface area contributed by atoms with Crippen molar-refractivity contribution in [3.63, 3.8) is 0 Å². The van der Waals surface area contributed by atoms with Gasteiger partial charge in [0.2, 0.25) is 5.91 Å². The van der Waals surface area contributed by atoms with E-state index in [4.69, 9.17) is 4.42 Å². The molecule has 2 aliphatic heterocycles. The van der Waals surface area contributed by atoms with Crippen molar-refractivity contribution in [1.29, 1.82) is 0 Å². The van der Waals surface area contributed by atoms with Crippen LogP contribution in [0.4, 0.5) is 4.79 Å². The first-order valence-electron chi connectivity index (χ1n) is 9.10. The molecule has 2 aromatic rings. The predicted molar refractivity (Wildman–Crippen MR) is 96.4 cm³/mol. The van der Waals surface area contributed by atoms with E-state index in [0.29, 0.717) is 25.3 Å². The van der Waals surface area contributed by atoms with Crippen LogP contribution in [0.3, 0.4) is 0 Å². The Balaban J connectivity index is 1.32. The summed E-state index contributed by atoms with van der Waals surface area (Å²) in [5.74, 6) is 0.242. The van der Waals surface area contributed by atoms with Crippen molar-refractivity contribution in [2.24, 2.45) is 0 Å². The van der Waals surface area contributed by atoms with Gasteiger partial charge in [-0.3, -0.25) is 14.5 Å². The molecular formula is C20H21N3O4. The first-order valence-corrected chi connectivity index (χ1v) is 9.10. The van der Waals surface area contributed by atoms with Crippen LogP contribution in [0.25, 0.3) is 0 Å². The number of carbonyl (C=O) groups excluding carboxylic acids is 3. The van der Waals surface area contributed by atoms with Gasteiger partial charge in [0.1, 0.15) is 11.8 Å². The highest BCUT2D eigenvalue weighted by atomic mass is 16.3. The van der Waals surface area contributed by atoms with E-state index in [1.807, 2.05) is 23.1 Å². The van der Waals surface area contributed by atoms with Gasteiger partial charge < -0.3 is 14.6 Å². The normalized spacial score (nSPS) is 19.2. The maximum atomic E-state index is 12.6. The van der Waals surface area contributed by atoms with Crippen LogP contribution in [0.15, 0.2) is 47.1 Å². The van der Waals surface area contributed by atoms with Crippen molar-refractivity contribution in [2.75, 3.05) is 6.54 Å². The SMILES string of the molecule is O=C(CCC1NC(=O)N(Cc2ccco2)C1=O)N1CCc2ccccc2C1. The summed E-state index contributed by atoms with van der Waals surface area (Å²) >= 11 is 0. The maximum Gasteiger partial charge on any atom is 0.325 e. The van der Waals surface area contributed by atoms with Gasteiger partial charge in [0.15, 0.2) is 0 Å². The van der Waals surface area contributed by atoms with Crippen LogP contribution >= 0.6 is 0 Å². The third-order valence-corrected chi connectivity index (χ3v) is 5.13. The number of urea groups is 1. The fourth-order valence-electron chi connectivity index (χ4n) is 3.62.